The first-order valence-corrected chi connectivity index (χ1v) is 13.4. The van der Waals surface area contributed by atoms with Gasteiger partial charge in [-0.15, -0.1) is 45.9 Å². The third kappa shape index (κ3) is 8.68. The molecule has 2 saturated heterocycles. The van der Waals surface area contributed by atoms with Crippen molar-refractivity contribution in [3.8, 4) is 22.8 Å². The van der Waals surface area contributed by atoms with E-state index in [0.29, 0.717) is 39.5 Å². The van der Waals surface area contributed by atoms with Crippen molar-refractivity contribution in [1.82, 2.24) is 45.9 Å². The standard InChI is InChI=1S/C14H11N5O4.C10H8N4O2.C4H8O/c1-8-15-17-13(18-16-8)9-2-4-10(5-3-9)14(22)23-19-11(20)6-7-12(19)21;1-6-11-13-9(14-12-6)7-2-4-8(5-3-7)10(15)16;1-2-4-5-3-1/h2-5H,6-7H2,1H3;2-5H,1H3,(H,15,16);1-4H2. The van der Waals surface area contributed by atoms with Crippen LogP contribution in [0, 0.1) is 13.8 Å². The summed E-state index contributed by atoms with van der Waals surface area (Å²) >= 11 is 0. The van der Waals surface area contributed by atoms with Gasteiger partial charge in [-0.3, -0.25) is 9.59 Å². The normalized spacial score (nSPS) is 13.8. The number of carbonyl (C=O) groups excluding carboxylic acids is 3. The topological polar surface area (TPSA) is 213 Å². The zero-order valence-electron chi connectivity index (χ0n) is 23.8. The first-order chi connectivity index (χ1) is 21.2. The number of benzene rings is 2. The van der Waals surface area contributed by atoms with Gasteiger partial charge in [-0.25, -0.2) is 9.59 Å². The minimum Gasteiger partial charge on any atom is -0.478 e. The fraction of sp³-hybridized carbons (Fsp3) is 0.286. The first-order valence-electron chi connectivity index (χ1n) is 13.4. The number of hydrogen-bond acceptors (Lipinski definition) is 14. The van der Waals surface area contributed by atoms with Crippen LogP contribution in [0.2, 0.25) is 0 Å². The van der Waals surface area contributed by atoms with Crippen molar-refractivity contribution in [3.63, 3.8) is 0 Å². The summed E-state index contributed by atoms with van der Waals surface area (Å²) in [5.41, 5.74) is 1.71. The number of hydroxylamine groups is 2. The van der Waals surface area contributed by atoms with Crippen molar-refractivity contribution in [1.29, 1.82) is 0 Å². The van der Waals surface area contributed by atoms with Crippen LogP contribution < -0.4 is 0 Å². The highest BCUT2D eigenvalue weighted by Gasteiger charge is 2.33. The number of carboxylic acids is 1. The number of imide groups is 1. The molecule has 4 aromatic rings. The molecule has 226 valence electrons. The average Bonchev–Trinajstić information content (AvgIpc) is 3.73. The zero-order chi connectivity index (χ0) is 31.5. The third-order valence-corrected chi connectivity index (χ3v) is 5.93. The summed E-state index contributed by atoms with van der Waals surface area (Å²) in [4.78, 5) is 50.3. The van der Waals surface area contributed by atoms with Crippen molar-refractivity contribution in [2.24, 2.45) is 0 Å². The second-order valence-corrected chi connectivity index (χ2v) is 9.28. The lowest BCUT2D eigenvalue weighted by atomic mass is 10.1. The van der Waals surface area contributed by atoms with Crippen LogP contribution in [0.1, 0.15) is 58.0 Å². The van der Waals surface area contributed by atoms with E-state index in [1.165, 1.54) is 37.1 Å². The molecule has 0 radical (unpaired) electrons. The number of amides is 2. The van der Waals surface area contributed by atoms with Crippen molar-refractivity contribution < 1.29 is 33.9 Å². The number of rotatable bonds is 5. The Balaban J connectivity index is 0.000000181. The van der Waals surface area contributed by atoms with Gasteiger partial charge in [0.1, 0.15) is 0 Å². The minimum atomic E-state index is -0.965. The largest absolute Gasteiger partial charge is 0.478 e. The molecule has 44 heavy (non-hydrogen) atoms. The van der Waals surface area contributed by atoms with Gasteiger partial charge in [-0.2, -0.15) is 0 Å². The van der Waals surface area contributed by atoms with E-state index < -0.39 is 23.8 Å². The van der Waals surface area contributed by atoms with Crippen LogP contribution in [-0.4, -0.2) is 87.9 Å². The van der Waals surface area contributed by atoms with Crippen molar-refractivity contribution in [2.45, 2.75) is 39.5 Å². The molecule has 4 heterocycles. The molecule has 0 aliphatic carbocycles. The summed E-state index contributed by atoms with van der Waals surface area (Å²) in [5.74, 6) is -1.16. The summed E-state index contributed by atoms with van der Waals surface area (Å²) < 4.78 is 4.94. The van der Waals surface area contributed by atoms with Crippen molar-refractivity contribution in [3.05, 3.63) is 71.3 Å². The van der Waals surface area contributed by atoms with E-state index in [4.69, 9.17) is 14.7 Å². The fourth-order valence-corrected chi connectivity index (χ4v) is 3.61. The molecule has 2 fully saturated rings. The molecule has 1 N–H and O–H groups in total. The number of aromatic carboxylic acids is 1. The Morgan fingerprint density at radius 1 is 0.682 bits per heavy atom. The SMILES string of the molecule is C1CCOC1.Cc1nnc(-c2ccc(C(=O)O)cc2)nn1.Cc1nnc(-c2ccc(C(=O)ON3C(=O)CCC3=O)cc2)nn1. The number of aryl methyl sites for hydroxylation is 2. The smallest absolute Gasteiger partial charge is 0.363 e. The maximum Gasteiger partial charge on any atom is 0.363 e. The lowest BCUT2D eigenvalue weighted by Gasteiger charge is -2.12. The lowest BCUT2D eigenvalue weighted by Crippen LogP contribution is -2.32. The van der Waals surface area contributed by atoms with Gasteiger partial charge < -0.3 is 14.7 Å². The van der Waals surface area contributed by atoms with E-state index in [9.17, 15) is 19.2 Å². The van der Waals surface area contributed by atoms with Crippen LogP contribution >= 0.6 is 0 Å². The first kappa shape index (κ1) is 31.3. The molecular weight excluding hydrogens is 574 g/mol. The summed E-state index contributed by atoms with van der Waals surface area (Å²) in [6.45, 7) is 5.36. The Morgan fingerprint density at radius 3 is 1.45 bits per heavy atom. The molecule has 16 nitrogen and oxygen atoms in total. The van der Waals surface area contributed by atoms with Gasteiger partial charge in [0.05, 0.1) is 11.1 Å². The van der Waals surface area contributed by atoms with Gasteiger partial charge in [0.15, 0.2) is 11.6 Å². The molecule has 16 heteroatoms. The highest BCUT2D eigenvalue weighted by atomic mass is 16.7. The van der Waals surface area contributed by atoms with E-state index >= 15 is 0 Å². The molecule has 0 atom stereocenters. The van der Waals surface area contributed by atoms with E-state index in [1.54, 1.807) is 38.1 Å². The maximum absolute atomic E-state index is 12.0. The van der Waals surface area contributed by atoms with Crippen molar-refractivity contribution in [2.75, 3.05) is 13.2 Å². The van der Waals surface area contributed by atoms with E-state index in [1.807, 2.05) is 0 Å². The number of carbonyl (C=O) groups is 4. The Bertz CT molecular complexity index is 1570. The number of aromatic nitrogens is 8. The van der Waals surface area contributed by atoms with Crippen molar-refractivity contribution >= 4 is 23.8 Å². The molecule has 2 aliphatic rings. The molecular formula is C28H27N9O7. The highest BCUT2D eigenvalue weighted by molar-refractivity contribution is 6.02. The van der Waals surface area contributed by atoms with Gasteiger partial charge in [-0.1, -0.05) is 24.3 Å². The average molecular weight is 602 g/mol. The number of nitrogens with zero attached hydrogens (tertiary/aromatic N) is 9. The molecule has 0 spiro atoms. The molecule has 0 saturated carbocycles. The Kier molecular flexibility index (Phi) is 10.7. The van der Waals surface area contributed by atoms with Crippen LogP contribution in [0.3, 0.4) is 0 Å². The quantitative estimate of drug-likeness (QED) is 0.325. The van der Waals surface area contributed by atoms with Crippen LogP contribution in [0.15, 0.2) is 48.5 Å². The number of hydrogen-bond donors (Lipinski definition) is 1. The zero-order valence-corrected chi connectivity index (χ0v) is 23.8. The second kappa shape index (κ2) is 15.0. The molecule has 2 aromatic carbocycles. The molecule has 0 unspecified atom stereocenters. The van der Waals surface area contributed by atoms with Gasteiger partial charge in [0, 0.05) is 37.2 Å². The Morgan fingerprint density at radius 2 is 1.09 bits per heavy atom. The summed E-state index contributed by atoms with van der Waals surface area (Å²) in [6.07, 6.45) is 2.66. The van der Waals surface area contributed by atoms with Crippen LogP contribution in [0.4, 0.5) is 0 Å². The monoisotopic (exact) mass is 601 g/mol. The van der Waals surface area contributed by atoms with E-state index in [2.05, 4.69) is 40.8 Å². The Labute approximate surface area is 250 Å². The van der Waals surface area contributed by atoms with Crippen LogP contribution in [0.25, 0.3) is 22.8 Å². The number of carboxylic acid groups (broad SMARTS) is 1. The minimum absolute atomic E-state index is 0.0514. The third-order valence-electron chi connectivity index (χ3n) is 5.93. The van der Waals surface area contributed by atoms with Crippen LogP contribution in [-0.2, 0) is 19.2 Å². The summed E-state index contributed by atoms with van der Waals surface area (Å²) in [5, 5.41) is 39.9. The van der Waals surface area contributed by atoms with E-state index in [0.717, 1.165) is 13.2 Å². The molecule has 0 bridgehead atoms. The Hall–Kier alpha value is -5.64. The number of ether oxygens (including phenoxy) is 1. The van der Waals surface area contributed by atoms with Gasteiger partial charge in [0.2, 0.25) is 11.6 Å². The molecule has 6 rings (SSSR count). The van der Waals surface area contributed by atoms with E-state index in [-0.39, 0.29) is 24.0 Å². The highest BCUT2D eigenvalue weighted by Crippen LogP contribution is 2.17. The summed E-state index contributed by atoms with van der Waals surface area (Å²) in [7, 11) is 0. The van der Waals surface area contributed by atoms with Gasteiger partial charge >= 0.3 is 11.9 Å². The molecule has 2 amide bonds. The molecule has 2 aliphatic heterocycles. The maximum atomic E-state index is 12.0. The summed E-state index contributed by atoms with van der Waals surface area (Å²) in [6, 6.07) is 12.4. The predicted molar refractivity (Wildman–Crippen MR) is 149 cm³/mol. The van der Waals surface area contributed by atoms with Gasteiger partial charge in [0.25, 0.3) is 11.8 Å². The van der Waals surface area contributed by atoms with Crippen LogP contribution in [0.5, 0.6) is 0 Å². The fourth-order valence-electron chi connectivity index (χ4n) is 3.61. The predicted octanol–water partition coefficient (Wildman–Crippen LogP) is 2.20. The lowest BCUT2D eigenvalue weighted by molar-refractivity contribution is -0.172. The second-order valence-electron chi connectivity index (χ2n) is 9.28. The molecule has 2 aromatic heterocycles. The van der Waals surface area contributed by atoms with Gasteiger partial charge in [-0.05, 0) is 51.0 Å².